The van der Waals surface area contributed by atoms with Crippen molar-refractivity contribution in [2.75, 3.05) is 11.9 Å². The van der Waals surface area contributed by atoms with Crippen molar-refractivity contribution < 1.29 is 14.4 Å². The number of benzene rings is 1. The van der Waals surface area contributed by atoms with Crippen molar-refractivity contribution in [2.24, 2.45) is 11.3 Å². The van der Waals surface area contributed by atoms with Crippen molar-refractivity contribution in [2.45, 2.75) is 45.6 Å². The highest BCUT2D eigenvalue weighted by molar-refractivity contribution is 6.42. The van der Waals surface area contributed by atoms with E-state index < -0.39 is 24.0 Å². The molecule has 1 spiro atoms. The van der Waals surface area contributed by atoms with Gasteiger partial charge in [0.25, 0.3) is 5.91 Å². The van der Waals surface area contributed by atoms with Gasteiger partial charge < -0.3 is 10.6 Å². The van der Waals surface area contributed by atoms with Crippen LogP contribution in [0.15, 0.2) is 12.1 Å². The van der Waals surface area contributed by atoms with Gasteiger partial charge in [-0.25, -0.2) is 4.79 Å². The number of carbonyl (C=O) groups excluding carboxylic acids is 3. The van der Waals surface area contributed by atoms with E-state index in [0.29, 0.717) is 17.9 Å². The van der Waals surface area contributed by atoms with Crippen LogP contribution in [0.25, 0.3) is 0 Å². The summed E-state index contributed by atoms with van der Waals surface area (Å²) >= 11 is 18.0. The zero-order valence-electron chi connectivity index (χ0n) is 15.9. The summed E-state index contributed by atoms with van der Waals surface area (Å²) in [4.78, 5) is 39.0. The van der Waals surface area contributed by atoms with Crippen LogP contribution in [0.5, 0.6) is 0 Å². The highest BCUT2D eigenvalue weighted by Gasteiger charge is 2.56. The van der Waals surface area contributed by atoms with E-state index in [4.69, 9.17) is 34.8 Å². The molecule has 0 bridgehead atoms. The molecule has 6 nitrogen and oxygen atoms in total. The fourth-order valence-corrected chi connectivity index (χ4v) is 5.55. The summed E-state index contributed by atoms with van der Waals surface area (Å²) in [6.07, 6.45) is 2.09. The van der Waals surface area contributed by atoms with Gasteiger partial charge in [0.1, 0.15) is 12.1 Å². The molecule has 9 heteroatoms. The maximum absolute atomic E-state index is 13.1. The summed E-state index contributed by atoms with van der Waals surface area (Å²) < 4.78 is 0. The Bertz CT molecular complexity index is 835. The molecule has 0 unspecified atom stereocenters. The third kappa shape index (κ3) is 4.09. The van der Waals surface area contributed by atoms with Crippen molar-refractivity contribution in [1.82, 2.24) is 10.2 Å². The predicted molar refractivity (Wildman–Crippen MR) is 110 cm³/mol. The quantitative estimate of drug-likeness (QED) is 0.659. The molecule has 4 amide bonds. The van der Waals surface area contributed by atoms with E-state index >= 15 is 0 Å². The van der Waals surface area contributed by atoms with Gasteiger partial charge in [-0.1, -0.05) is 55.6 Å². The second-order valence-corrected chi connectivity index (χ2v) is 9.80. The van der Waals surface area contributed by atoms with Crippen LogP contribution in [0.2, 0.25) is 15.1 Å². The summed E-state index contributed by atoms with van der Waals surface area (Å²) in [5.41, 5.74) is -0.843. The molecule has 0 aromatic heterocycles. The Hall–Kier alpha value is -1.50. The van der Waals surface area contributed by atoms with Gasteiger partial charge in [-0.3, -0.25) is 14.5 Å². The summed E-state index contributed by atoms with van der Waals surface area (Å²) in [5, 5.41) is 6.07. The van der Waals surface area contributed by atoms with Crippen molar-refractivity contribution in [1.29, 1.82) is 0 Å². The lowest BCUT2D eigenvalue weighted by atomic mass is 9.64. The topological polar surface area (TPSA) is 78.5 Å². The van der Waals surface area contributed by atoms with E-state index in [0.717, 1.165) is 11.3 Å². The number of hydrogen-bond donors (Lipinski definition) is 2. The molecule has 3 rings (SSSR count). The molecule has 2 atom stereocenters. The smallest absolute Gasteiger partial charge is 0.323 e. The number of halogens is 3. The fourth-order valence-electron chi connectivity index (χ4n) is 4.63. The second-order valence-electron chi connectivity index (χ2n) is 8.55. The molecule has 1 aliphatic heterocycles. The molecular weight excluding hydrogens is 425 g/mol. The van der Waals surface area contributed by atoms with Crippen molar-refractivity contribution in [3.8, 4) is 0 Å². The zero-order chi connectivity index (χ0) is 20.9. The third-order valence-electron chi connectivity index (χ3n) is 5.20. The first-order chi connectivity index (χ1) is 12.9. The molecule has 1 aromatic carbocycles. The van der Waals surface area contributed by atoms with Crippen LogP contribution in [0.4, 0.5) is 10.5 Å². The van der Waals surface area contributed by atoms with Gasteiger partial charge in [0.05, 0.1) is 15.7 Å². The molecule has 1 aromatic rings. The van der Waals surface area contributed by atoms with Gasteiger partial charge in [-0.2, -0.15) is 0 Å². The summed E-state index contributed by atoms with van der Waals surface area (Å²) in [5.74, 6) is -0.649. The minimum absolute atomic E-state index is 0.0801. The van der Waals surface area contributed by atoms with Crippen molar-refractivity contribution >= 4 is 58.3 Å². The number of imide groups is 1. The number of amides is 4. The summed E-state index contributed by atoms with van der Waals surface area (Å²) in [7, 11) is 0. The summed E-state index contributed by atoms with van der Waals surface area (Å²) in [6.45, 7) is 5.83. The van der Waals surface area contributed by atoms with Gasteiger partial charge in [0.2, 0.25) is 5.91 Å². The van der Waals surface area contributed by atoms with E-state index in [-0.39, 0.29) is 33.0 Å². The third-order valence-corrected chi connectivity index (χ3v) is 6.01. The Morgan fingerprint density at radius 1 is 1.21 bits per heavy atom. The normalized spacial score (nSPS) is 26.5. The summed E-state index contributed by atoms with van der Waals surface area (Å²) in [6, 6.07) is 2.33. The number of nitrogens with one attached hydrogen (secondary N) is 2. The monoisotopic (exact) mass is 445 g/mol. The van der Waals surface area contributed by atoms with Gasteiger partial charge in [0, 0.05) is 5.02 Å². The van der Waals surface area contributed by atoms with Crippen LogP contribution in [0.3, 0.4) is 0 Å². The maximum Gasteiger partial charge on any atom is 0.325 e. The van der Waals surface area contributed by atoms with E-state index in [2.05, 4.69) is 31.4 Å². The Balaban J connectivity index is 1.75. The largest absolute Gasteiger partial charge is 0.325 e. The lowest BCUT2D eigenvalue weighted by molar-refractivity contribution is -0.136. The zero-order valence-corrected chi connectivity index (χ0v) is 18.1. The average Bonchev–Trinajstić information content (AvgIpc) is 2.72. The molecule has 28 heavy (non-hydrogen) atoms. The number of carbonyl (C=O) groups is 3. The van der Waals surface area contributed by atoms with Crippen LogP contribution in [0.1, 0.15) is 40.0 Å². The lowest BCUT2D eigenvalue weighted by Gasteiger charge is -2.43. The number of hydrogen-bond acceptors (Lipinski definition) is 3. The first kappa shape index (κ1) is 21.2. The van der Waals surface area contributed by atoms with E-state index in [1.54, 1.807) is 0 Å². The predicted octanol–water partition coefficient (Wildman–Crippen LogP) is 4.72. The molecule has 1 heterocycles. The lowest BCUT2D eigenvalue weighted by Crippen LogP contribution is -2.54. The van der Waals surface area contributed by atoms with Gasteiger partial charge in [0.15, 0.2) is 0 Å². The number of rotatable bonds is 3. The highest BCUT2D eigenvalue weighted by atomic mass is 35.5. The van der Waals surface area contributed by atoms with E-state index in [1.807, 2.05) is 0 Å². The average molecular weight is 447 g/mol. The first-order valence-electron chi connectivity index (χ1n) is 9.01. The van der Waals surface area contributed by atoms with Crippen LogP contribution in [-0.2, 0) is 9.59 Å². The standard InChI is InChI=1S/C19H22Cl3N3O3/c1-10-6-18(2,3)9-19(7-10)16(27)25(17(28)24-19)8-14(26)23-15-12(21)4-11(20)5-13(15)22/h4-5,10H,6-9H2,1-3H3,(H,23,26)(H,24,28)/t10-,19-/m0/s1. The molecule has 1 aliphatic carbocycles. The molecule has 1 saturated carbocycles. The molecule has 152 valence electrons. The van der Waals surface area contributed by atoms with Crippen molar-refractivity contribution in [3.05, 3.63) is 27.2 Å². The van der Waals surface area contributed by atoms with Gasteiger partial charge in [-0.05, 0) is 42.7 Å². The first-order valence-corrected chi connectivity index (χ1v) is 10.1. The SMILES string of the molecule is C[C@H]1CC(C)(C)C[C@]2(C1)NC(=O)N(CC(=O)Nc1c(Cl)cc(Cl)cc1Cl)C2=O. The number of anilines is 1. The fraction of sp³-hybridized carbons (Fsp3) is 0.526. The van der Waals surface area contributed by atoms with Crippen LogP contribution in [-0.4, -0.2) is 34.8 Å². The highest BCUT2D eigenvalue weighted by Crippen LogP contribution is 2.46. The van der Waals surface area contributed by atoms with Crippen molar-refractivity contribution in [3.63, 3.8) is 0 Å². The molecule has 1 saturated heterocycles. The van der Waals surface area contributed by atoms with E-state index in [9.17, 15) is 14.4 Å². The van der Waals surface area contributed by atoms with Gasteiger partial charge in [-0.15, -0.1) is 0 Å². The van der Waals surface area contributed by atoms with Crippen LogP contribution < -0.4 is 10.6 Å². The molecular formula is C19H22Cl3N3O3. The Morgan fingerprint density at radius 3 is 2.39 bits per heavy atom. The molecule has 2 fully saturated rings. The van der Waals surface area contributed by atoms with Gasteiger partial charge >= 0.3 is 6.03 Å². The Labute approximate surface area is 178 Å². The second kappa shape index (κ2) is 7.39. The molecule has 0 radical (unpaired) electrons. The number of nitrogens with zero attached hydrogens (tertiary/aromatic N) is 1. The molecule has 2 aliphatic rings. The van der Waals surface area contributed by atoms with Crippen LogP contribution >= 0.6 is 34.8 Å². The van der Waals surface area contributed by atoms with Crippen LogP contribution in [0, 0.1) is 11.3 Å². The maximum atomic E-state index is 13.1. The Kier molecular flexibility index (Phi) is 5.60. The van der Waals surface area contributed by atoms with E-state index in [1.165, 1.54) is 12.1 Å². The molecule has 2 N–H and O–H groups in total. The number of urea groups is 1. The minimum atomic E-state index is -0.950. The Morgan fingerprint density at radius 2 is 1.82 bits per heavy atom. The minimum Gasteiger partial charge on any atom is -0.323 e.